The summed E-state index contributed by atoms with van der Waals surface area (Å²) in [6.07, 6.45) is 0.580. The lowest BCUT2D eigenvalue weighted by Gasteiger charge is -2.23. The van der Waals surface area contributed by atoms with Crippen LogP contribution in [0.5, 0.6) is 0 Å². The molecule has 0 amide bonds. The van der Waals surface area contributed by atoms with Crippen LogP contribution < -0.4 is 10.6 Å². The number of anilines is 1. The van der Waals surface area contributed by atoms with Crippen LogP contribution in [0.25, 0.3) is 0 Å². The van der Waals surface area contributed by atoms with Gasteiger partial charge in [-0.15, -0.1) is 0 Å². The van der Waals surface area contributed by atoms with Gasteiger partial charge in [-0.05, 0) is 31.9 Å². The minimum absolute atomic E-state index is 0.357. The highest BCUT2D eigenvalue weighted by atomic mass is 16.5. The Labute approximate surface area is 109 Å². The van der Waals surface area contributed by atoms with Gasteiger partial charge in [-0.3, -0.25) is 4.79 Å². The van der Waals surface area contributed by atoms with Gasteiger partial charge in [0.15, 0.2) is 0 Å². The quantitative estimate of drug-likeness (QED) is 0.807. The van der Waals surface area contributed by atoms with E-state index in [-0.39, 0.29) is 5.97 Å². The number of benzene rings is 1. The number of aryl methyl sites for hydroxylation is 2. The summed E-state index contributed by atoms with van der Waals surface area (Å²) >= 11 is 0. The maximum Gasteiger partial charge on any atom is 0.322 e. The summed E-state index contributed by atoms with van der Waals surface area (Å²) in [4.78, 5) is 13.3. The first-order valence-corrected chi connectivity index (χ1v) is 6.07. The molecule has 0 radical (unpaired) electrons. The van der Waals surface area contributed by atoms with Crippen LogP contribution >= 0.6 is 0 Å². The van der Waals surface area contributed by atoms with E-state index in [1.807, 2.05) is 7.05 Å². The number of carbonyl (C=O) groups excluding carboxylic acids is 1. The third-order valence-corrected chi connectivity index (χ3v) is 3.04. The fourth-order valence-corrected chi connectivity index (χ4v) is 1.96. The number of ether oxygens (including phenoxy) is 1. The topological polar surface area (TPSA) is 55.6 Å². The lowest BCUT2D eigenvalue weighted by atomic mass is 10.1. The molecule has 0 aromatic heterocycles. The van der Waals surface area contributed by atoms with Crippen LogP contribution in [-0.2, 0) is 9.53 Å². The van der Waals surface area contributed by atoms with Crippen molar-refractivity contribution in [1.82, 2.24) is 0 Å². The molecule has 0 aliphatic carbocycles. The zero-order chi connectivity index (χ0) is 13.7. The highest BCUT2D eigenvalue weighted by molar-refractivity contribution is 5.75. The average Bonchev–Trinajstić information content (AvgIpc) is 2.34. The van der Waals surface area contributed by atoms with Crippen molar-refractivity contribution in [1.29, 1.82) is 0 Å². The van der Waals surface area contributed by atoms with Gasteiger partial charge in [0, 0.05) is 19.3 Å². The first-order valence-electron chi connectivity index (χ1n) is 6.07. The van der Waals surface area contributed by atoms with Gasteiger partial charge in [0.2, 0.25) is 0 Å². The summed E-state index contributed by atoms with van der Waals surface area (Å²) < 4.78 is 4.61. The van der Waals surface area contributed by atoms with Gasteiger partial charge in [-0.2, -0.15) is 0 Å². The number of nitrogens with zero attached hydrogens (tertiary/aromatic N) is 1. The Bertz CT molecular complexity index is 418. The van der Waals surface area contributed by atoms with Crippen LogP contribution in [0.2, 0.25) is 0 Å². The number of rotatable bonds is 5. The van der Waals surface area contributed by atoms with E-state index in [1.165, 1.54) is 18.2 Å². The number of esters is 1. The highest BCUT2D eigenvalue weighted by Gasteiger charge is 2.14. The van der Waals surface area contributed by atoms with E-state index in [9.17, 15) is 4.79 Å². The molecule has 1 unspecified atom stereocenters. The summed E-state index contributed by atoms with van der Waals surface area (Å²) in [5.41, 5.74) is 9.35. The zero-order valence-electron chi connectivity index (χ0n) is 11.6. The molecule has 18 heavy (non-hydrogen) atoms. The van der Waals surface area contributed by atoms with Crippen molar-refractivity contribution in [3.63, 3.8) is 0 Å². The fraction of sp³-hybridized carbons (Fsp3) is 0.500. The minimum atomic E-state index is -0.553. The maximum atomic E-state index is 11.2. The molecular weight excluding hydrogens is 228 g/mol. The Morgan fingerprint density at radius 1 is 1.44 bits per heavy atom. The Morgan fingerprint density at radius 2 is 2.11 bits per heavy atom. The number of methoxy groups -OCH3 is 1. The molecule has 4 heteroatoms. The van der Waals surface area contributed by atoms with Crippen molar-refractivity contribution in [2.24, 2.45) is 5.73 Å². The molecule has 4 nitrogen and oxygen atoms in total. The highest BCUT2D eigenvalue weighted by Crippen LogP contribution is 2.20. The maximum absolute atomic E-state index is 11.2. The van der Waals surface area contributed by atoms with Crippen molar-refractivity contribution in [2.75, 3.05) is 25.6 Å². The molecule has 0 fully saturated rings. The van der Waals surface area contributed by atoms with Crippen LogP contribution in [0.3, 0.4) is 0 Å². The third-order valence-electron chi connectivity index (χ3n) is 3.04. The molecule has 1 aromatic rings. The standard InChI is InChI=1S/C14H22N2O2/c1-10-5-6-13(11(2)9-10)16(3)8-7-12(15)14(17)18-4/h5-6,9,12H,7-8,15H2,1-4H3. The van der Waals surface area contributed by atoms with Gasteiger partial charge >= 0.3 is 5.97 Å². The monoisotopic (exact) mass is 250 g/mol. The zero-order valence-corrected chi connectivity index (χ0v) is 11.6. The van der Waals surface area contributed by atoms with Gasteiger partial charge < -0.3 is 15.4 Å². The van der Waals surface area contributed by atoms with Gasteiger partial charge in [-0.1, -0.05) is 17.7 Å². The van der Waals surface area contributed by atoms with Crippen LogP contribution in [0, 0.1) is 13.8 Å². The molecule has 0 heterocycles. The van der Waals surface area contributed by atoms with Crippen LogP contribution in [0.4, 0.5) is 5.69 Å². The molecule has 100 valence electrons. The number of hydrogen-bond acceptors (Lipinski definition) is 4. The Kier molecular flexibility index (Phi) is 5.16. The van der Waals surface area contributed by atoms with E-state index in [1.54, 1.807) is 0 Å². The Morgan fingerprint density at radius 3 is 2.67 bits per heavy atom. The summed E-state index contributed by atoms with van der Waals surface area (Å²) in [6, 6.07) is 5.77. The molecule has 0 saturated heterocycles. The minimum Gasteiger partial charge on any atom is -0.468 e. The van der Waals surface area contributed by atoms with Crippen molar-refractivity contribution in [3.05, 3.63) is 29.3 Å². The second kappa shape index (κ2) is 6.40. The molecule has 1 rings (SSSR count). The molecule has 0 spiro atoms. The van der Waals surface area contributed by atoms with Crippen molar-refractivity contribution in [2.45, 2.75) is 26.3 Å². The van der Waals surface area contributed by atoms with E-state index < -0.39 is 6.04 Å². The van der Waals surface area contributed by atoms with Gasteiger partial charge in [0.25, 0.3) is 0 Å². The molecule has 0 saturated carbocycles. The van der Waals surface area contributed by atoms with Crippen LogP contribution in [0.1, 0.15) is 17.5 Å². The van der Waals surface area contributed by atoms with E-state index in [0.717, 1.165) is 12.2 Å². The second-order valence-electron chi connectivity index (χ2n) is 4.63. The molecule has 2 N–H and O–H groups in total. The lowest BCUT2D eigenvalue weighted by Crippen LogP contribution is -2.35. The van der Waals surface area contributed by atoms with E-state index in [0.29, 0.717) is 6.42 Å². The Hall–Kier alpha value is -1.55. The van der Waals surface area contributed by atoms with Gasteiger partial charge in [-0.25, -0.2) is 0 Å². The molecule has 0 aliphatic heterocycles. The molecule has 1 atom stereocenters. The van der Waals surface area contributed by atoms with Gasteiger partial charge in [0.1, 0.15) is 6.04 Å². The molecule has 0 bridgehead atoms. The largest absolute Gasteiger partial charge is 0.468 e. The summed E-state index contributed by atoms with van der Waals surface area (Å²) in [7, 11) is 3.36. The number of hydrogen-bond donors (Lipinski definition) is 1. The first kappa shape index (κ1) is 14.5. The SMILES string of the molecule is COC(=O)C(N)CCN(C)c1ccc(C)cc1C. The number of carbonyl (C=O) groups is 1. The predicted molar refractivity (Wildman–Crippen MR) is 73.8 cm³/mol. The number of nitrogens with two attached hydrogens (primary N) is 1. The molecule has 0 aliphatic rings. The van der Waals surface area contributed by atoms with Crippen LogP contribution in [0.15, 0.2) is 18.2 Å². The van der Waals surface area contributed by atoms with Crippen molar-refractivity contribution < 1.29 is 9.53 Å². The van der Waals surface area contributed by atoms with E-state index in [4.69, 9.17) is 5.73 Å². The van der Waals surface area contributed by atoms with Crippen LogP contribution in [-0.4, -0.2) is 32.7 Å². The predicted octanol–water partition coefficient (Wildman–Crippen LogP) is 1.63. The second-order valence-corrected chi connectivity index (χ2v) is 4.63. The average molecular weight is 250 g/mol. The normalized spacial score (nSPS) is 12.1. The first-order chi connectivity index (χ1) is 8.45. The third kappa shape index (κ3) is 3.74. The lowest BCUT2D eigenvalue weighted by molar-refractivity contribution is -0.142. The summed E-state index contributed by atoms with van der Waals surface area (Å²) in [6.45, 7) is 4.88. The van der Waals surface area contributed by atoms with Crippen molar-refractivity contribution >= 4 is 11.7 Å². The Balaban J connectivity index is 2.60. The van der Waals surface area contributed by atoms with Crippen molar-refractivity contribution in [3.8, 4) is 0 Å². The fourth-order valence-electron chi connectivity index (χ4n) is 1.96. The molecule has 1 aromatic carbocycles. The van der Waals surface area contributed by atoms with E-state index in [2.05, 4.69) is 41.7 Å². The summed E-state index contributed by atoms with van der Waals surface area (Å²) in [5.74, 6) is -0.357. The van der Waals surface area contributed by atoms with Gasteiger partial charge in [0.05, 0.1) is 7.11 Å². The molecular formula is C14H22N2O2. The summed E-state index contributed by atoms with van der Waals surface area (Å²) in [5, 5.41) is 0. The van der Waals surface area contributed by atoms with E-state index >= 15 is 0 Å². The smallest absolute Gasteiger partial charge is 0.322 e.